The van der Waals surface area contributed by atoms with Crippen molar-refractivity contribution >= 4 is 11.9 Å². The molecule has 0 aromatic rings. The number of esters is 1. The highest BCUT2D eigenvalue weighted by molar-refractivity contribution is 5.69. The molecule has 0 radical (unpaired) electrons. The first-order valence-electron chi connectivity index (χ1n) is 17.3. The molecule has 4 heteroatoms. The second-order valence-corrected chi connectivity index (χ2v) is 11.7. The number of allylic oxidation sites excluding steroid dienone is 4. The molecule has 0 spiro atoms. The van der Waals surface area contributed by atoms with Gasteiger partial charge in [0.15, 0.2) is 0 Å². The third kappa shape index (κ3) is 31.0. The van der Waals surface area contributed by atoms with Gasteiger partial charge in [0.1, 0.15) is 6.10 Å². The molecule has 0 aliphatic rings. The van der Waals surface area contributed by atoms with Gasteiger partial charge in [-0.2, -0.15) is 0 Å². The molecule has 234 valence electrons. The van der Waals surface area contributed by atoms with E-state index in [9.17, 15) is 9.59 Å². The third-order valence-corrected chi connectivity index (χ3v) is 7.68. The molecule has 0 aromatic heterocycles. The van der Waals surface area contributed by atoms with Crippen LogP contribution in [0.15, 0.2) is 24.3 Å². The fraction of sp³-hybridized carbons (Fsp3) is 0.833. The number of ether oxygens (including phenoxy) is 1. The minimum Gasteiger partial charge on any atom is -0.481 e. The minimum atomic E-state index is -0.703. The van der Waals surface area contributed by atoms with E-state index < -0.39 is 5.97 Å². The fourth-order valence-electron chi connectivity index (χ4n) is 5.08. The van der Waals surface area contributed by atoms with Crippen LogP contribution in [0.25, 0.3) is 0 Å². The Balaban J connectivity index is 4.03. The summed E-state index contributed by atoms with van der Waals surface area (Å²) in [6.07, 6.45) is 39.0. The molecule has 0 heterocycles. The quantitative estimate of drug-likeness (QED) is 0.0518. The predicted octanol–water partition coefficient (Wildman–Crippen LogP) is 11.7. The fourth-order valence-corrected chi connectivity index (χ4v) is 5.08. The standard InChI is InChI=1S/C36H66O4/c1-3-5-7-9-11-13-14-15-16-17-18-20-25-29-33-36(39)40-34(30-26-22-19-12-10-8-6-4-2)31-27-23-21-24-28-32-35(37)38/h9,11,14-15,34H,3-8,10,12-13,16-33H2,1-2H3,(H,37,38)/b11-9-,15-14-. The molecule has 40 heavy (non-hydrogen) atoms. The summed E-state index contributed by atoms with van der Waals surface area (Å²) in [6.45, 7) is 4.49. The van der Waals surface area contributed by atoms with E-state index in [1.807, 2.05) is 0 Å². The molecular formula is C36H66O4. The highest BCUT2D eigenvalue weighted by Gasteiger charge is 2.14. The van der Waals surface area contributed by atoms with E-state index in [4.69, 9.17) is 9.84 Å². The monoisotopic (exact) mass is 562 g/mol. The van der Waals surface area contributed by atoms with Gasteiger partial charge < -0.3 is 9.84 Å². The van der Waals surface area contributed by atoms with Gasteiger partial charge in [-0.05, 0) is 64.2 Å². The van der Waals surface area contributed by atoms with Crippen LogP contribution in [-0.2, 0) is 14.3 Å². The molecule has 0 amide bonds. The van der Waals surface area contributed by atoms with Gasteiger partial charge >= 0.3 is 11.9 Å². The van der Waals surface area contributed by atoms with Crippen LogP contribution < -0.4 is 0 Å². The summed E-state index contributed by atoms with van der Waals surface area (Å²) in [5.41, 5.74) is 0. The molecule has 0 aromatic carbocycles. The molecular weight excluding hydrogens is 496 g/mol. The molecule has 0 bridgehead atoms. The van der Waals surface area contributed by atoms with Crippen molar-refractivity contribution in [3.8, 4) is 0 Å². The number of hydrogen-bond donors (Lipinski definition) is 1. The van der Waals surface area contributed by atoms with Crippen molar-refractivity contribution < 1.29 is 19.4 Å². The van der Waals surface area contributed by atoms with Gasteiger partial charge in [0.05, 0.1) is 0 Å². The van der Waals surface area contributed by atoms with Crippen molar-refractivity contribution in [1.82, 2.24) is 0 Å². The number of carboxylic acids is 1. The number of rotatable bonds is 31. The zero-order chi connectivity index (χ0) is 29.4. The first-order valence-corrected chi connectivity index (χ1v) is 17.3. The molecule has 0 saturated carbocycles. The Kier molecular flexibility index (Phi) is 30.7. The summed E-state index contributed by atoms with van der Waals surface area (Å²) >= 11 is 0. The van der Waals surface area contributed by atoms with E-state index in [1.165, 1.54) is 83.5 Å². The molecule has 0 rings (SSSR count). The maximum Gasteiger partial charge on any atom is 0.306 e. The van der Waals surface area contributed by atoms with E-state index in [-0.39, 0.29) is 18.5 Å². The lowest BCUT2D eigenvalue weighted by Gasteiger charge is -2.18. The SMILES string of the molecule is CCCC/C=C\C/C=C\CCCCCCCC(=O)OC(CCCCCCCCCC)CCCCCCCC(=O)O. The number of carbonyl (C=O) groups is 2. The second-order valence-electron chi connectivity index (χ2n) is 11.7. The average Bonchev–Trinajstić information content (AvgIpc) is 2.93. The average molecular weight is 563 g/mol. The van der Waals surface area contributed by atoms with Crippen molar-refractivity contribution in [2.24, 2.45) is 0 Å². The summed E-state index contributed by atoms with van der Waals surface area (Å²) in [6, 6.07) is 0. The maximum atomic E-state index is 12.6. The van der Waals surface area contributed by atoms with Gasteiger partial charge in [-0.25, -0.2) is 0 Å². The van der Waals surface area contributed by atoms with Gasteiger partial charge in [-0.1, -0.05) is 134 Å². The summed E-state index contributed by atoms with van der Waals surface area (Å²) in [4.78, 5) is 23.2. The zero-order valence-electron chi connectivity index (χ0n) is 26.7. The van der Waals surface area contributed by atoms with E-state index in [1.54, 1.807) is 0 Å². The van der Waals surface area contributed by atoms with E-state index in [0.29, 0.717) is 6.42 Å². The molecule has 0 saturated heterocycles. The van der Waals surface area contributed by atoms with E-state index in [2.05, 4.69) is 38.2 Å². The summed E-state index contributed by atoms with van der Waals surface area (Å²) in [7, 11) is 0. The molecule has 0 aliphatic heterocycles. The van der Waals surface area contributed by atoms with Crippen molar-refractivity contribution in [1.29, 1.82) is 0 Å². The lowest BCUT2D eigenvalue weighted by Crippen LogP contribution is -2.18. The molecule has 1 N–H and O–H groups in total. The highest BCUT2D eigenvalue weighted by atomic mass is 16.5. The molecule has 4 nitrogen and oxygen atoms in total. The molecule has 1 unspecified atom stereocenters. The Morgan fingerprint density at radius 3 is 1.55 bits per heavy atom. The number of carbonyl (C=O) groups excluding carboxylic acids is 1. The third-order valence-electron chi connectivity index (χ3n) is 7.68. The van der Waals surface area contributed by atoms with Gasteiger partial charge in [0.2, 0.25) is 0 Å². The smallest absolute Gasteiger partial charge is 0.306 e. The minimum absolute atomic E-state index is 0.0130. The lowest BCUT2D eigenvalue weighted by atomic mass is 10.0. The van der Waals surface area contributed by atoms with Gasteiger partial charge in [-0.15, -0.1) is 0 Å². The number of unbranched alkanes of at least 4 members (excludes halogenated alkanes) is 18. The first-order chi connectivity index (χ1) is 19.6. The summed E-state index contributed by atoms with van der Waals surface area (Å²) in [5, 5.41) is 8.77. The van der Waals surface area contributed by atoms with E-state index in [0.717, 1.165) is 77.0 Å². The van der Waals surface area contributed by atoms with Gasteiger partial charge in [0, 0.05) is 12.8 Å². The molecule has 0 aliphatic carbocycles. The normalized spacial score (nSPS) is 12.4. The Morgan fingerprint density at radius 2 is 1.00 bits per heavy atom. The Labute approximate surface area is 248 Å². The zero-order valence-corrected chi connectivity index (χ0v) is 26.7. The number of hydrogen-bond acceptors (Lipinski definition) is 3. The van der Waals surface area contributed by atoms with Crippen LogP contribution in [-0.4, -0.2) is 23.1 Å². The summed E-state index contributed by atoms with van der Waals surface area (Å²) in [5.74, 6) is -0.716. The Morgan fingerprint density at radius 1 is 0.550 bits per heavy atom. The van der Waals surface area contributed by atoms with Crippen LogP contribution in [0.3, 0.4) is 0 Å². The van der Waals surface area contributed by atoms with Crippen LogP contribution >= 0.6 is 0 Å². The van der Waals surface area contributed by atoms with Crippen molar-refractivity contribution in [3.05, 3.63) is 24.3 Å². The van der Waals surface area contributed by atoms with Crippen LogP contribution in [0.4, 0.5) is 0 Å². The first kappa shape index (κ1) is 38.4. The van der Waals surface area contributed by atoms with Crippen LogP contribution in [0.1, 0.15) is 187 Å². The van der Waals surface area contributed by atoms with Crippen LogP contribution in [0.2, 0.25) is 0 Å². The maximum absolute atomic E-state index is 12.6. The van der Waals surface area contributed by atoms with Crippen LogP contribution in [0.5, 0.6) is 0 Å². The molecule has 1 atom stereocenters. The van der Waals surface area contributed by atoms with E-state index >= 15 is 0 Å². The second kappa shape index (κ2) is 31.9. The van der Waals surface area contributed by atoms with Crippen molar-refractivity contribution in [2.45, 2.75) is 193 Å². The predicted molar refractivity (Wildman–Crippen MR) is 172 cm³/mol. The summed E-state index contributed by atoms with van der Waals surface area (Å²) < 4.78 is 5.95. The Bertz CT molecular complexity index is 610. The largest absolute Gasteiger partial charge is 0.481 e. The number of carboxylic acid groups (broad SMARTS) is 1. The number of aliphatic carboxylic acids is 1. The Hall–Kier alpha value is -1.58. The van der Waals surface area contributed by atoms with Gasteiger partial charge in [-0.3, -0.25) is 9.59 Å². The van der Waals surface area contributed by atoms with Crippen molar-refractivity contribution in [2.75, 3.05) is 0 Å². The van der Waals surface area contributed by atoms with Crippen molar-refractivity contribution in [3.63, 3.8) is 0 Å². The lowest BCUT2D eigenvalue weighted by molar-refractivity contribution is -0.150. The molecule has 0 fully saturated rings. The topological polar surface area (TPSA) is 63.6 Å². The highest BCUT2D eigenvalue weighted by Crippen LogP contribution is 2.18. The van der Waals surface area contributed by atoms with Gasteiger partial charge in [0.25, 0.3) is 0 Å². The van der Waals surface area contributed by atoms with Crippen LogP contribution in [0, 0.1) is 0 Å².